The normalized spacial score (nSPS) is 10.9. The summed E-state index contributed by atoms with van der Waals surface area (Å²) in [7, 11) is 0. The molecular weight excluding hydrogens is 472 g/mol. The molecule has 4 aromatic rings. The molecule has 0 saturated heterocycles. The molecule has 0 N–H and O–H groups in total. The predicted molar refractivity (Wildman–Crippen MR) is 134 cm³/mol. The Hall–Kier alpha value is -3.29. The van der Waals surface area contributed by atoms with E-state index in [1.165, 1.54) is 11.8 Å². The molecule has 0 spiro atoms. The first-order valence-corrected chi connectivity index (χ1v) is 12.0. The Labute approximate surface area is 206 Å². The highest BCUT2D eigenvalue weighted by molar-refractivity contribution is 7.99. The molecule has 0 aliphatic heterocycles. The van der Waals surface area contributed by atoms with Gasteiger partial charge in [-0.25, -0.2) is 9.78 Å². The fraction of sp³-hybridized carbons (Fsp3) is 0.192. The number of halogens is 1. The molecule has 0 aliphatic rings. The van der Waals surface area contributed by atoms with Crippen LogP contribution in [-0.4, -0.2) is 33.8 Å². The van der Waals surface area contributed by atoms with Crippen molar-refractivity contribution in [3.8, 4) is 5.75 Å². The van der Waals surface area contributed by atoms with Crippen LogP contribution in [0.15, 0.2) is 71.9 Å². The van der Waals surface area contributed by atoms with Crippen LogP contribution in [0, 0.1) is 13.8 Å². The number of esters is 2. The van der Waals surface area contributed by atoms with Crippen molar-refractivity contribution in [2.75, 3.05) is 12.4 Å². The molecule has 0 unspecified atom stereocenters. The number of aryl methyl sites for hydroxylation is 2. The number of rotatable bonds is 8. The van der Waals surface area contributed by atoms with E-state index in [4.69, 9.17) is 21.1 Å². The van der Waals surface area contributed by atoms with Crippen LogP contribution < -0.4 is 4.74 Å². The van der Waals surface area contributed by atoms with Gasteiger partial charge in [-0.05, 0) is 49.2 Å². The van der Waals surface area contributed by atoms with E-state index < -0.39 is 18.5 Å². The van der Waals surface area contributed by atoms with Gasteiger partial charge in [-0.3, -0.25) is 4.79 Å². The summed E-state index contributed by atoms with van der Waals surface area (Å²) in [5, 5.41) is 1.33. The van der Waals surface area contributed by atoms with Gasteiger partial charge < -0.3 is 14.0 Å². The van der Waals surface area contributed by atoms with Crippen molar-refractivity contribution in [3.05, 3.63) is 88.4 Å². The zero-order valence-corrected chi connectivity index (χ0v) is 20.4. The molecule has 8 heteroatoms. The van der Waals surface area contributed by atoms with Gasteiger partial charge >= 0.3 is 11.9 Å². The van der Waals surface area contributed by atoms with E-state index in [0.29, 0.717) is 22.5 Å². The molecule has 0 fully saturated rings. The predicted octanol–water partition coefficient (Wildman–Crippen LogP) is 5.60. The molecule has 0 saturated carbocycles. The molecular formula is C26H23ClN2O4S. The second-order valence-electron chi connectivity index (χ2n) is 7.75. The number of carbonyl (C=O) groups is 2. The van der Waals surface area contributed by atoms with Crippen molar-refractivity contribution in [1.82, 2.24) is 9.55 Å². The van der Waals surface area contributed by atoms with Crippen LogP contribution in [0.4, 0.5) is 0 Å². The number of carbonyl (C=O) groups excluding carboxylic acids is 2. The first-order chi connectivity index (χ1) is 16.4. The van der Waals surface area contributed by atoms with Gasteiger partial charge in [0.15, 0.2) is 11.8 Å². The van der Waals surface area contributed by atoms with Gasteiger partial charge in [0.2, 0.25) is 0 Å². The van der Waals surface area contributed by atoms with Crippen molar-refractivity contribution >= 4 is 46.3 Å². The van der Waals surface area contributed by atoms with E-state index in [1.807, 2.05) is 79.1 Å². The number of hydrogen-bond donors (Lipinski definition) is 0. The summed E-state index contributed by atoms with van der Waals surface area (Å²) in [6.45, 7) is 3.87. The van der Waals surface area contributed by atoms with Crippen LogP contribution in [0.25, 0.3) is 11.0 Å². The lowest BCUT2D eigenvalue weighted by atomic mass is 10.1. The average Bonchev–Trinajstić information content (AvgIpc) is 3.17. The largest absolute Gasteiger partial charge is 0.453 e. The third-order valence-electron chi connectivity index (χ3n) is 5.13. The first-order valence-electron chi connectivity index (χ1n) is 10.7. The number of nitrogens with zero attached hydrogens (tertiary/aromatic N) is 2. The molecule has 1 heterocycles. The van der Waals surface area contributed by atoms with E-state index in [9.17, 15) is 9.59 Å². The number of fused-ring (bicyclic) bond motifs is 1. The molecule has 0 amide bonds. The fourth-order valence-electron chi connectivity index (χ4n) is 3.48. The number of aromatic nitrogens is 2. The SMILES string of the molecule is Cc1ccc(OC(=O)COC(=O)CSc2nc3ccccc3n2Cc2ccccc2Cl)c(C)c1. The minimum Gasteiger partial charge on any atom is -0.453 e. The second-order valence-corrected chi connectivity index (χ2v) is 9.10. The maximum absolute atomic E-state index is 12.3. The molecule has 1 aromatic heterocycles. The highest BCUT2D eigenvalue weighted by Crippen LogP contribution is 2.27. The summed E-state index contributed by atoms with van der Waals surface area (Å²) in [5.74, 6) is -0.702. The number of thioether (sulfide) groups is 1. The van der Waals surface area contributed by atoms with Gasteiger partial charge in [0.1, 0.15) is 5.75 Å². The lowest BCUT2D eigenvalue weighted by Crippen LogP contribution is -2.20. The third kappa shape index (κ3) is 5.79. The summed E-state index contributed by atoms with van der Waals surface area (Å²) in [4.78, 5) is 29.1. The van der Waals surface area contributed by atoms with Gasteiger partial charge in [-0.2, -0.15) is 0 Å². The smallest absolute Gasteiger partial charge is 0.349 e. The topological polar surface area (TPSA) is 70.4 Å². The molecule has 0 aliphatic carbocycles. The fourth-order valence-corrected chi connectivity index (χ4v) is 4.49. The summed E-state index contributed by atoms with van der Waals surface area (Å²) in [5.41, 5.74) is 4.62. The van der Waals surface area contributed by atoms with Crippen molar-refractivity contribution < 1.29 is 19.1 Å². The summed E-state index contributed by atoms with van der Waals surface area (Å²) in [6, 6.07) is 20.9. The van der Waals surface area contributed by atoms with Crippen molar-refractivity contribution in [2.24, 2.45) is 0 Å². The molecule has 0 atom stereocenters. The maximum atomic E-state index is 12.3. The molecule has 4 rings (SSSR count). The molecule has 0 radical (unpaired) electrons. The van der Waals surface area contributed by atoms with E-state index in [1.54, 1.807) is 6.07 Å². The quantitative estimate of drug-likeness (QED) is 0.180. The van der Waals surface area contributed by atoms with E-state index in [-0.39, 0.29) is 5.75 Å². The first kappa shape index (κ1) is 23.9. The molecule has 174 valence electrons. The average molecular weight is 495 g/mol. The molecule has 0 bridgehead atoms. The molecule has 6 nitrogen and oxygen atoms in total. The van der Waals surface area contributed by atoms with Crippen LogP contribution in [0.1, 0.15) is 16.7 Å². The van der Waals surface area contributed by atoms with Crippen molar-refractivity contribution in [1.29, 1.82) is 0 Å². The van der Waals surface area contributed by atoms with Crippen molar-refractivity contribution in [3.63, 3.8) is 0 Å². The van der Waals surface area contributed by atoms with Gasteiger partial charge in [-0.1, -0.05) is 71.4 Å². The Kier molecular flexibility index (Phi) is 7.55. The van der Waals surface area contributed by atoms with Crippen LogP contribution in [0.5, 0.6) is 5.75 Å². The van der Waals surface area contributed by atoms with Gasteiger partial charge in [-0.15, -0.1) is 0 Å². The Morgan fingerprint density at radius 1 is 1.00 bits per heavy atom. The summed E-state index contributed by atoms with van der Waals surface area (Å²) >= 11 is 7.61. The van der Waals surface area contributed by atoms with Crippen LogP contribution in [0.2, 0.25) is 5.02 Å². The zero-order valence-electron chi connectivity index (χ0n) is 18.8. The Bertz CT molecular complexity index is 1350. The summed E-state index contributed by atoms with van der Waals surface area (Å²) < 4.78 is 12.4. The number of hydrogen-bond acceptors (Lipinski definition) is 6. The van der Waals surface area contributed by atoms with Crippen LogP contribution in [-0.2, 0) is 20.9 Å². The lowest BCUT2D eigenvalue weighted by Gasteiger charge is -2.11. The molecule has 34 heavy (non-hydrogen) atoms. The number of para-hydroxylation sites is 2. The Balaban J connectivity index is 1.38. The highest BCUT2D eigenvalue weighted by atomic mass is 35.5. The van der Waals surface area contributed by atoms with Crippen molar-refractivity contribution in [2.45, 2.75) is 25.5 Å². The van der Waals surface area contributed by atoms with E-state index >= 15 is 0 Å². The summed E-state index contributed by atoms with van der Waals surface area (Å²) in [6.07, 6.45) is 0. The lowest BCUT2D eigenvalue weighted by molar-refractivity contribution is -0.151. The highest BCUT2D eigenvalue weighted by Gasteiger charge is 2.16. The standard InChI is InChI=1S/C26H23ClN2O4S/c1-17-11-12-23(18(2)13-17)33-24(30)15-32-25(31)16-34-26-28-21-9-5-6-10-22(21)29(26)14-19-7-3-4-8-20(19)27/h3-13H,14-16H2,1-2H3. The Morgan fingerprint density at radius 2 is 1.76 bits per heavy atom. The maximum Gasteiger partial charge on any atom is 0.349 e. The second kappa shape index (κ2) is 10.8. The van der Waals surface area contributed by atoms with E-state index in [2.05, 4.69) is 4.98 Å². The third-order valence-corrected chi connectivity index (χ3v) is 6.45. The minimum absolute atomic E-state index is 0.00266. The molecule has 3 aromatic carbocycles. The minimum atomic E-state index is -0.628. The van der Waals surface area contributed by atoms with Gasteiger partial charge in [0.05, 0.1) is 23.3 Å². The zero-order chi connectivity index (χ0) is 24.1. The Morgan fingerprint density at radius 3 is 2.56 bits per heavy atom. The van der Waals surface area contributed by atoms with Gasteiger partial charge in [0.25, 0.3) is 0 Å². The van der Waals surface area contributed by atoms with Crippen LogP contribution >= 0.6 is 23.4 Å². The monoisotopic (exact) mass is 494 g/mol. The van der Waals surface area contributed by atoms with E-state index in [0.717, 1.165) is 27.7 Å². The van der Waals surface area contributed by atoms with Gasteiger partial charge in [0, 0.05) is 5.02 Å². The van der Waals surface area contributed by atoms with Crippen LogP contribution in [0.3, 0.4) is 0 Å². The number of ether oxygens (including phenoxy) is 2. The number of imidazole rings is 1. The number of benzene rings is 3.